The molecule has 9 nitrogen and oxygen atoms in total. The Morgan fingerprint density at radius 3 is 0.949 bits per heavy atom. The van der Waals surface area contributed by atoms with Gasteiger partial charge in [0.25, 0.3) is 0 Å². The fourth-order valence-corrected chi connectivity index (χ4v) is 4.11. The summed E-state index contributed by atoms with van der Waals surface area (Å²) in [6, 6.07) is 0. The van der Waals surface area contributed by atoms with E-state index >= 15 is 0 Å². The predicted molar refractivity (Wildman–Crippen MR) is 149 cm³/mol. The third kappa shape index (κ3) is 14.2. The first-order valence-electron chi connectivity index (χ1n) is 14.0. The minimum atomic E-state index is -0.633. The van der Waals surface area contributed by atoms with Crippen LogP contribution < -0.4 is 0 Å². The minimum Gasteiger partial charge on any atom is -0.469 e. The van der Waals surface area contributed by atoms with Gasteiger partial charge in [-0.05, 0) is 81.1 Å². The van der Waals surface area contributed by atoms with Crippen molar-refractivity contribution in [3.05, 3.63) is 0 Å². The molecule has 0 radical (unpaired) electrons. The maximum absolute atomic E-state index is 12.5. The number of ether oxygens (including phenoxy) is 5. The van der Waals surface area contributed by atoms with E-state index in [-0.39, 0.29) is 50.3 Å². The summed E-state index contributed by atoms with van der Waals surface area (Å²) in [6.07, 6.45) is 5.90. The number of carbonyl (C=O) groups excluding carboxylic acids is 4. The Morgan fingerprint density at radius 1 is 0.436 bits per heavy atom. The molecule has 0 amide bonds. The molecule has 0 saturated carbocycles. The summed E-state index contributed by atoms with van der Waals surface area (Å²) in [5.74, 6) is -1.04. The van der Waals surface area contributed by atoms with Gasteiger partial charge >= 0.3 is 23.9 Å². The average Bonchev–Trinajstić information content (AvgIpc) is 2.87. The van der Waals surface area contributed by atoms with Gasteiger partial charge in [0.15, 0.2) is 0 Å². The number of unbranched alkanes of at least 4 members (excludes halogenated alkanes) is 2. The van der Waals surface area contributed by atoms with E-state index in [4.69, 9.17) is 23.7 Å². The van der Waals surface area contributed by atoms with Crippen LogP contribution in [0.5, 0.6) is 0 Å². The number of methoxy groups -OCH3 is 2. The molecule has 228 valence electrons. The molecule has 0 aromatic carbocycles. The maximum Gasteiger partial charge on any atom is 0.311 e. The van der Waals surface area contributed by atoms with Crippen molar-refractivity contribution in [1.82, 2.24) is 0 Å². The molecular weight excluding hydrogens is 504 g/mol. The Bertz CT molecular complexity index is 717. The molecular formula is C30H54O9. The lowest BCUT2D eigenvalue weighted by Crippen LogP contribution is -2.29. The molecule has 0 rings (SSSR count). The first-order chi connectivity index (χ1) is 17.9. The predicted octanol–water partition coefficient (Wildman–Crippen LogP) is 5.66. The molecule has 0 spiro atoms. The third-order valence-electron chi connectivity index (χ3n) is 7.21. The molecule has 0 bridgehead atoms. The average molecular weight is 559 g/mol. The lowest BCUT2D eigenvalue weighted by Gasteiger charge is -2.25. The molecule has 0 unspecified atom stereocenters. The summed E-state index contributed by atoms with van der Waals surface area (Å²) in [4.78, 5) is 48.5. The second kappa shape index (κ2) is 16.8. The number of hydrogen-bond acceptors (Lipinski definition) is 9. The van der Waals surface area contributed by atoms with Crippen LogP contribution in [0.2, 0.25) is 0 Å². The van der Waals surface area contributed by atoms with Crippen LogP contribution in [0.1, 0.15) is 107 Å². The van der Waals surface area contributed by atoms with Crippen LogP contribution in [-0.4, -0.2) is 64.5 Å². The zero-order chi connectivity index (χ0) is 30.3. The molecule has 0 N–H and O–H groups in total. The maximum atomic E-state index is 12.5. The molecule has 0 aliphatic carbocycles. The first kappa shape index (κ1) is 36.8. The van der Waals surface area contributed by atoms with Crippen LogP contribution in [-0.2, 0) is 42.9 Å². The van der Waals surface area contributed by atoms with E-state index in [9.17, 15) is 19.2 Å². The molecule has 0 saturated heterocycles. The van der Waals surface area contributed by atoms with Gasteiger partial charge in [0.1, 0.15) is 13.2 Å². The summed E-state index contributed by atoms with van der Waals surface area (Å²) >= 11 is 0. The van der Waals surface area contributed by atoms with Crippen LogP contribution in [0.3, 0.4) is 0 Å². The molecule has 0 aromatic rings. The summed E-state index contributed by atoms with van der Waals surface area (Å²) in [5.41, 5.74) is -2.34. The Hall–Kier alpha value is -2.16. The second-order valence-electron chi connectivity index (χ2n) is 12.8. The monoisotopic (exact) mass is 558 g/mol. The van der Waals surface area contributed by atoms with Crippen molar-refractivity contribution in [2.24, 2.45) is 21.7 Å². The van der Waals surface area contributed by atoms with Gasteiger partial charge in [-0.15, -0.1) is 0 Å². The summed E-state index contributed by atoms with van der Waals surface area (Å²) in [7, 11) is 2.78. The lowest BCUT2D eigenvalue weighted by atomic mass is 9.83. The quantitative estimate of drug-likeness (QED) is 0.106. The molecule has 0 heterocycles. The Morgan fingerprint density at radius 2 is 0.692 bits per heavy atom. The highest BCUT2D eigenvalue weighted by molar-refractivity contribution is 5.77. The normalized spacial score (nSPS) is 12.6. The minimum absolute atomic E-state index is 0.124. The van der Waals surface area contributed by atoms with Crippen molar-refractivity contribution in [3.8, 4) is 0 Å². The summed E-state index contributed by atoms with van der Waals surface area (Å²) in [5, 5.41) is 0. The Labute approximate surface area is 236 Å². The number of rotatable bonds is 20. The lowest BCUT2D eigenvalue weighted by molar-refractivity contribution is -0.158. The SMILES string of the molecule is COC(=O)C(C)(C)CCCCC(C)(C)C(=O)OCCOCCOC(=O)C(C)(C)CCCCC(C)(C)C(=O)OC. The Kier molecular flexibility index (Phi) is 15.9. The van der Waals surface area contributed by atoms with Crippen LogP contribution in [0, 0.1) is 21.7 Å². The van der Waals surface area contributed by atoms with Gasteiger partial charge in [-0.25, -0.2) is 0 Å². The first-order valence-corrected chi connectivity index (χ1v) is 14.0. The van der Waals surface area contributed by atoms with Gasteiger partial charge in [0.05, 0.1) is 49.1 Å². The van der Waals surface area contributed by atoms with Gasteiger partial charge in [-0.2, -0.15) is 0 Å². The zero-order valence-corrected chi connectivity index (χ0v) is 26.2. The van der Waals surface area contributed by atoms with E-state index in [0.717, 1.165) is 25.7 Å². The fourth-order valence-electron chi connectivity index (χ4n) is 4.11. The van der Waals surface area contributed by atoms with E-state index < -0.39 is 21.7 Å². The smallest absolute Gasteiger partial charge is 0.311 e. The van der Waals surface area contributed by atoms with E-state index in [2.05, 4.69) is 0 Å². The fraction of sp³-hybridized carbons (Fsp3) is 0.867. The van der Waals surface area contributed by atoms with Crippen molar-refractivity contribution < 1.29 is 42.9 Å². The van der Waals surface area contributed by atoms with Crippen LogP contribution in [0.15, 0.2) is 0 Å². The molecule has 9 heteroatoms. The van der Waals surface area contributed by atoms with Crippen LogP contribution in [0.25, 0.3) is 0 Å². The van der Waals surface area contributed by atoms with E-state index in [1.165, 1.54) is 14.2 Å². The summed E-state index contributed by atoms with van der Waals surface area (Å²) < 4.78 is 25.9. The number of carbonyl (C=O) groups is 4. The highest BCUT2D eigenvalue weighted by atomic mass is 16.6. The van der Waals surface area contributed by atoms with Crippen molar-refractivity contribution in [3.63, 3.8) is 0 Å². The number of esters is 4. The van der Waals surface area contributed by atoms with E-state index in [1.807, 2.05) is 55.4 Å². The number of hydrogen-bond donors (Lipinski definition) is 0. The largest absolute Gasteiger partial charge is 0.469 e. The van der Waals surface area contributed by atoms with Gasteiger partial charge in [-0.1, -0.05) is 25.7 Å². The third-order valence-corrected chi connectivity index (χ3v) is 7.21. The Balaban J connectivity index is 4.10. The van der Waals surface area contributed by atoms with Gasteiger partial charge < -0.3 is 23.7 Å². The molecule has 0 aliphatic rings. The second-order valence-corrected chi connectivity index (χ2v) is 12.8. The van der Waals surface area contributed by atoms with Gasteiger partial charge in [0.2, 0.25) is 0 Å². The van der Waals surface area contributed by atoms with Gasteiger partial charge in [0, 0.05) is 0 Å². The topological polar surface area (TPSA) is 114 Å². The molecule has 0 aliphatic heterocycles. The standard InChI is InChI=1S/C30H54O9/c1-27(2,23(31)35-9)15-11-13-17-29(5,6)25(33)38-21-19-37-20-22-39-26(34)30(7,8)18-14-12-16-28(3,4)24(32)36-10/h11-22H2,1-10H3. The molecule has 0 fully saturated rings. The van der Waals surface area contributed by atoms with Crippen LogP contribution >= 0.6 is 0 Å². The highest BCUT2D eigenvalue weighted by Gasteiger charge is 2.32. The highest BCUT2D eigenvalue weighted by Crippen LogP contribution is 2.31. The van der Waals surface area contributed by atoms with Crippen LogP contribution in [0.4, 0.5) is 0 Å². The van der Waals surface area contributed by atoms with Crippen molar-refractivity contribution in [2.75, 3.05) is 40.6 Å². The molecule has 0 aromatic heterocycles. The molecule has 0 atom stereocenters. The van der Waals surface area contributed by atoms with Crippen molar-refractivity contribution >= 4 is 23.9 Å². The van der Waals surface area contributed by atoms with Gasteiger partial charge in [-0.3, -0.25) is 19.2 Å². The zero-order valence-electron chi connectivity index (χ0n) is 26.2. The summed E-state index contributed by atoms with van der Waals surface area (Å²) in [6.45, 7) is 15.5. The van der Waals surface area contributed by atoms with E-state index in [1.54, 1.807) is 0 Å². The van der Waals surface area contributed by atoms with Crippen molar-refractivity contribution in [1.29, 1.82) is 0 Å². The van der Waals surface area contributed by atoms with Crippen molar-refractivity contribution in [2.45, 2.75) is 107 Å². The van der Waals surface area contributed by atoms with E-state index in [0.29, 0.717) is 25.7 Å². The molecule has 39 heavy (non-hydrogen) atoms.